The van der Waals surface area contributed by atoms with Crippen molar-refractivity contribution in [3.8, 4) is 0 Å². The first-order chi connectivity index (χ1) is 13.8. The molecular weight excluding hydrogens is 377 g/mol. The monoisotopic (exact) mass is 400 g/mol. The van der Waals surface area contributed by atoms with E-state index in [2.05, 4.69) is 20.6 Å². The largest absolute Gasteiger partial charge is 0.421 e. The lowest BCUT2D eigenvalue weighted by Gasteiger charge is -2.19. The Balaban J connectivity index is 2.00. The number of hydrogen-bond donors (Lipinski definition) is 2. The first kappa shape index (κ1) is 20.6. The van der Waals surface area contributed by atoms with E-state index in [1.165, 1.54) is 0 Å². The summed E-state index contributed by atoms with van der Waals surface area (Å²) in [6.07, 6.45) is -2.90. The van der Waals surface area contributed by atoms with Crippen LogP contribution in [-0.2, 0) is 6.18 Å². The molecule has 152 valence electrons. The lowest BCUT2D eigenvalue weighted by molar-refractivity contribution is -0.137. The Hall–Kier alpha value is -3.09. The highest BCUT2D eigenvalue weighted by Crippen LogP contribution is 2.37. The van der Waals surface area contributed by atoms with Gasteiger partial charge in [0.1, 0.15) is 11.4 Å². The van der Waals surface area contributed by atoms with Crippen LogP contribution in [0.1, 0.15) is 42.9 Å². The van der Waals surface area contributed by atoms with Crippen molar-refractivity contribution < 1.29 is 13.2 Å². The van der Waals surface area contributed by atoms with Crippen LogP contribution < -0.4 is 10.6 Å². The van der Waals surface area contributed by atoms with Gasteiger partial charge < -0.3 is 10.6 Å². The van der Waals surface area contributed by atoms with Crippen LogP contribution >= 0.6 is 0 Å². The second-order valence-corrected chi connectivity index (χ2v) is 6.97. The van der Waals surface area contributed by atoms with Gasteiger partial charge in [-0.1, -0.05) is 44.2 Å². The number of benzene rings is 2. The zero-order valence-electron chi connectivity index (χ0n) is 16.5. The molecule has 1 aromatic heterocycles. The highest BCUT2D eigenvalue weighted by molar-refractivity contribution is 5.66. The number of hydrogen-bond acceptors (Lipinski definition) is 4. The number of aryl methyl sites for hydroxylation is 1. The number of nitrogens with one attached hydrogen (secondary N) is 2. The Morgan fingerprint density at radius 3 is 2.48 bits per heavy atom. The van der Waals surface area contributed by atoms with Gasteiger partial charge in [0.2, 0.25) is 5.95 Å². The molecule has 2 N–H and O–H groups in total. The molecule has 0 aliphatic carbocycles. The zero-order chi connectivity index (χ0) is 21.0. The van der Waals surface area contributed by atoms with E-state index in [-0.39, 0.29) is 17.7 Å². The Kier molecular flexibility index (Phi) is 6.06. The third-order valence-electron chi connectivity index (χ3n) is 4.73. The predicted molar refractivity (Wildman–Crippen MR) is 110 cm³/mol. The third kappa shape index (κ3) is 5.04. The van der Waals surface area contributed by atoms with Crippen LogP contribution in [0.2, 0.25) is 0 Å². The minimum absolute atomic E-state index is 0.0899. The summed E-state index contributed by atoms with van der Waals surface area (Å²) in [5.41, 5.74) is 2.35. The van der Waals surface area contributed by atoms with Gasteiger partial charge in [0.15, 0.2) is 0 Å². The van der Waals surface area contributed by atoms with Crippen molar-refractivity contribution in [2.75, 3.05) is 10.6 Å². The number of halogens is 3. The smallest absolute Gasteiger partial charge is 0.339 e. The molecule has 3 aromatic rings. The van der Waals surface area contributed by atoms with E-state index in [4.69, 9.17) is 0 Å². The van der Waals surface area contributed by atoms with Crippen molar-refractivity contribution in [1.29, 1.82) is 0 Å². The van der Waals surface area contributed by atoms with Crippen LogP contribution in [0, 0.1) is 6.92 Å². The zero-order valence-corrected chi connectivity index (χ0v) is 16.5. The third-order valence-corrected chi connectivity index (χ3v) is 4.73. The maximum absolute atomic E-state index is 13.5. The standard InChI is InChI=1S/C22H23F3N4/c1-4-15(3)17-10-5-6-11-19(17)28-20-18(22(23,24)25)13-26-21(29-20)27-16-9-7-8-14(2)12-16/h5-13,15H,4H2,1-3H3,(H2,26,27,28,29). The Bertz CT molecular complexity index is 986. The molecule has 0 fully saturated rings. The molecule has 0 saturated heterocycles. The van der Waals surface area contributed by atoms with Gasteiger partial charge in [-0.15, -0.1) is 0 Å². The van der Waals surface area contributed by atoms with Gasteiger partial charge in [-0.2, -0.15) is 18.2 Å². The lowest BCUT2D eigenvalue weighted by Crippen LogP contribution is -2.13. The molecule has 0 aliphatic rings. The molecule has 0 bridgehead atoms. The number of rotatable bonds is 6. The molecule has 0 spiro atoms. The van der Waals surface area contributed by atoms with Gasteiger partial charge >= 0.3 is 6.18 Å². The fraction of sp³-hybridized carbons (Fsp3) is 0.273. The van der Waals surface area contributed by atoms with Crippen LogP contribution in [0.15, 0.2) is 54.7 Å². The average Bonchev–Trinajstić information content (AvgIpc) is 2.67. The van der Waals surface area contributed by atoms with Crippen LogP contribution in [0.5, 0.6) is 0 Å². The van der Waals surface area contributed by atoms with E-state index in [1.807, 2.05) is 51.1 Å². The lowest BCUT2D eigenvalue weighted by atomic mass is 9.97. The number of alkyl halides is 3. The minimum atomic E-state index is -4.57. The molecule has 0 radical (unpaired) electrons. The Morgan fingerprint density at radius 2 is 1.79 bits per heavy atom. The van der Waals surface area contributed by atoms with Gasteiger partial charge in [-0.3, -0.25) is 0 Å². The van der Waals surface area contributed by atoms with Crippen molar-refractivity contribution in [2.45, 2.75) is 39.3 Å². The topological polar surface area (TPSA) is 49.8 Å². The maximum Gasteiger partial charge on any atom is 0.421 e. The average molecular weight is 400 g/mol. The summed E-state index contributed by atoms with van der Waals surface area (Å²) in [5.74, 6) is 0.00490. The molecule has 0 amide bonds. The van der Waals surface area contributed by atoms with Crippen LogP contribution in [0.3, 0.4) is 0 Å². The summed E-state index contributed by atoms with van der Waals surface area (Å²) in [7, 11) is 0. The summed E-state index contributed by atoms with van der Waals surface area (Å²) in [5, 5.41) is 5.86. The van der Waals surface area contributed by atoms with Crippen LogP contribution in [-0.4, -0.2) is 9.97 Å². The second kappa shape index (κ2) is 8.51. The highest BCUT2D eigenvalue weighted by atomic mass is 19.4. The number of aromatic nitrogens is 2. The summed E-state index contributed by atoms with van der Waals surface area (Å²) in [6, 6.07) is 14.8. The van der Waals surface area contributed by atoms with Crippen molar-refractivity contribution in [2.24, 2.45) is 0 Å². The molecule has 0 saturated carbocycles. The van der Waals surface area contributed by atoms with Crippen molar-refractivity contribution >= 4 is 23.1 Å². The summed E-state index contributed by atoms with van der Waals surface area (Å²) in [4.78, 5) is 8.00. The molecule has 0 aliphatic heterocycles. The molecule has 3 rings (SSSR count). The summed E-state index contributed by atoms with van der Waals surface area (Å²) in [6.45, 7) is 6.00. The fourth-order valence-corrected chi connectivity index (χ4v) is 2.98. The summed E-state index contributed by atoms with van der Waals surface area (Å²) < 4.78 is 40.6. The first-order valence-electron chi connectivity index (χ1n) is 9.41. The molecular formula is C22H23F3N4. The van der Waals surface area contributed by atoms with Gasteiger partial charge in [-0.05, 0) is 48.6 Å². The van der Waals surface area contributed by atoms with E-state index >= 15 is 0 Å². The Morgan fingerprint density at radius 1 is 1.03 bits per heavy atom. The molecule has 7 heteroatoms. The van der Waals surface area contributed by atoms with E-state index in [0.29, 0.717) is 11.4 Å². The normalized spacial score (nSPS) is 12.5. The fourth-order valence-electron chi connectivity index (χ4n) is 2.98. The molecule has 1 unspecified atom stereocenters. The minimum Gasteiger partial charge on any atom is -0.339 e. The predicted octanol–water partition coefficient (Wildman–Crippen LogP) is 6.80. The van der Waals surface area contributed by atoms with Crippen LogP contribution in [0.25, 0.3) is 0 Å². The number of nitrogens with zero attached hydrogens (tertiary/aromatic N) is 2. The first-order valence-corrected chi connectivity index (χ1v) is 9.41. The van der Waals surface area contributed by atoms with Gasteiger partial charge in [0, 0.05) is 17.6 Å². The van der Waals surface area contributed by atoms with Gasteiger partial charge in [-0.25, -0.2) is 4.98 Å². The van der Waals surface area contributed by atoms with Gasteiger partial charge in [0.05, 0.1) is 0 Å². The van der Waals surface area contributed by atoms with Crippen molar-refractivity contribution in [3.05, 3.63) is 71.4 Å². The Labute approximate surface area is 168 Å². The number of para-hydroxylation sites is 1. The van der Waals surface area contributed by atoms with E-state index < -0.39 is 11.7 Å². The van der Waals surface area contributed by atoms with E-state index in [0.717, 1.165) is 23.7 Å². The highest BCUT2D eigenvalue weighted by Gasteiger charge is 2.35. The molecule has 29 heavy (non-hydrogen) atoms. The molecule has 1 heterocycles. The van der Waals surface area contributed by atoms with Gasteiger partial charge in [0.25, 0.3) is 0 Å². The van der Waals surface area contributed by atoms with Crippen LogP contribution in [0.4, 0.5) is 36.3 Å². The number of anilines is 4. The molecule has 4 nitrogen and oxygen atoms in total. The van der Waals surface area contributed by atoms with Crippen molar-refractivity contribution in [1.82, 2.24) is 9.97 Å². The SMILES string of the molecule is CCC(C)c1ccccc1Nc1nc(Nc2cccc(C)c2)ncc1C(F)(F)F. The molecule has 2 aromatic carbocycles. The molecule has 1 atom stereocenters. The van der Waals surface area contributed by atoms with Crippen molar-refractivity contribution in [3.63, 3.8) is 0 Å². The second-order valence-electron chi connectivity index (χ2n) is 6.97. The quantitative estimate of drug-likeness (QED) is 0.477. The van der Waals surface area contributed by atoms with E-state index in [1.54, 1.807) is 18.2 Å². The summed E-state index contributed by atoms with van der Waals surface area (Å²) >= 11 is 0. The maximum atomic E-state index is 13.5. The van der Waals surface area contributed by atoms with E-state index in [9.17, 15) is 13.2 Å².